The van der Waals surface area contributed by atoms with Crippen LogP contribution in [0, 0.1) is 23.7 Å². The number of aliphatic hydroxyl groups excluding tert-OH is 2. The monoisotopic (exact) mass is 872 g/mol. The Morgan fingerprint density at radius 3 is 2.32 bits per heavy atom. The Bertz CT molecular complexity index is 1730. The number of carbonyl (C=O) groups is 1. The molecule has 3 N–H and O–H groups in total. The second kappa shape index (κ2) is 19.7. The first-order chi connectivity index (χ1) is 29.5. The van der Waals surface area contributed by atoms with Crippen LogP contribution in [0.3, 0.4) is 0 Å². The van der Waals surface area contributed by atoms with Gasteiger partial charge < -0.3 is 62.7 Å². The maximum Gasteiger partial charge on any atom is 0.316 e. The van der Waals surface area contributed by atoms with E-state index in [-0.39, 0.29) is 42.7 Å². The maximum absolute atomic E-state index is 14.3. The van der Waals surface area contributed by atoms with Gasteiger partial charge in [0.2, 0.25) is 0 Å². The highest BCUT2D eigenvalue weighted by molar-refractivity contribution is 5.78. The van der Waals surface area contributed by atoms with Gasteiger partial charge in [-0.15, -0.1) is 0 Å². The Labute approximate surface area is 367 Å². The van der Waals surface area contributed by atoms with Crippen molar-refractivity contribution in [2.75, 3.05) is 20.8 Å². The summed E-state index contributed by atoms with van der Waals surface area (Å²) in [7, 11) is 3.22. The Morgan fingerprint density at radius 1 is 0.887 bits per heavy atom. The molecule has 14 nitrogen and oxygen atoms in total. The summed E-state index contributed by atoms with van der Waals surface area (Å²) in [4.78, 5) is 14.3. The van der Waals surface area contributed by atoms with Gasteiger partial charge >= 0.3 is 5.97 Å². The second-order valence-corrected chi connectivity index (χ2v) is 19.0. The standard InChI is InChI=1S/C48H72O14/c1-11-25(2)43-28(5)17-18-47(62-43)23-34-20-33(61-47)16-15-27(4)42(26(3)13-12-14-32-24-55-45-40(49)29(6)19-35(46(51)58-34)48(32,45)52)59-39-22-37(54-10)44(31(8)57-39)60-38-21-36(53-9)41(50)30(7)56-38/h12-15,17-19,25-26,28,30-31,33-45,49-50,52H,11,16,20-24H2,1-10H3/b13-12+,27-15+,32-14+/t25-,26+,28+,30+,31+,33-,34+,35+,36+,37+,38+,39-,40?,41+,42+,43-,44-,45-,47-,48-/m1/s1. The average Bonchev–Trinajstić information content (AvgIpc) is 3.58. The summed E-state index contributed by atoms with van der Waals surface area (Å²) < 4.78 is 63.7. The molecule has 348 valence electrons. The van der Waals surface area contributed by atoms with Crippen molar-refractivity contribution in [2.45, 2.75) is 191 Å². The molecule has 1 aliphatic carbocycles. The molecule has 0 amide bonds. The highest BCUT2D eigenvalue weighted by Gasteiger charge is 2.60. The molecule has 4 saturated heterocycles. The van der Waals surface area contributed by atoms with Gasteiger partial charge in [-0.1, -0.05) is 70.6 Å². The largest absolute Gasteiger partial charge is 0.462 e. The van der Waals surface area contributed by atoms with Crippen LogP contribution in [0.2, 0.25) is 0 Å². The number of esters is 1. The van der Waals surface area contributed by atoms with Gasteiger partial charge in [0.1, 0.15) is 42.0 Å². The molecule has 7 rings (SSSR count). The van der Waals surface area contributed by atoms with Crippen LogP contribution in [0.15, 0.2) is 59.3 Å². The van der Waals surface area contributed by atoms with Gasteiger partial charge in [-0.2, -0.15) is 0 Å². The predicted molar refractivity (Wildman–Crippen MR) is 227 cm³/mol. The van der Waals surface area contributed by atoms with E-state index in [0.29, 0.717) is 43.3 Å². The SMILES string of the molecule is CC[C@@H](C)[C@H]1O[C@]2(C=C[C@@H]1C)C[C@@H]1C[C@@H](C/C=C(\C)[C@@H](O[C@@H]3C[C@H](OC)[C@H](O[C@H]4C[C@H](OC)[C@@H](O)[C@H](C)O4)[C@H](C)O3)[C@@H](C)/C=C/C=C3\CO[C@@H]4C(O)C(C)=C[C@@H](C(=O)O1)[C@]34O)O2. The molecule has 14 heteroatoms. The number of rotatable bonds is 8. The molecule has 1 unspecified atom stereocenters. The smallest absolute Gasteiger partial charge is 0.316 e. The molecule has 0 aromatic heterocycles. The van der Waals surface area contributed by atoms with E-state index in [1.165, 1.54) is 0 Å². The van der Waals surface area contributed by atoms with Gasteiger partial charge in [0.05, 0.1) is 49.3 Å². The highest BCUT2D eigenvalue weighted by Crippen LogP contribution is 2.47. The second-order valence-electron chi connectivity index (χ2n) is 19.0. The third-order valence-electron chi connectivity index (χ3n) is 14.5. The van der Waals surface area contributed by atoms with Crippen LogP contribution in [0.25, 0.3) is 0 Å². The van der Waals surface area contributed by atoms with Gasteiger partial charge in [-0.3, -0.25) is 4.79 Å². The van der Waals surface area contributed by atoms with E-state index in [1.54, 1.807) is 40.2 Å². The van der Waals surface area contributed by atoms with Crippen molar-refractivity contribution in [3.63, 3.8) is 0 Å². The van der Waals surface area contributed by atoms with E-state index in [1.807, 2.05) is 32.1 Å². The first kappa shape index (κ1) is 47.6. The van der Waals surface area contributed by atoms with Crippen molar-refractivity contribution in [3.05, 3.63) is 59.3 Å². The van der Waals surface area contributed by atoms with Crippen molar-refractivity contribution >= 4 is 5.97 Å². The number of allylic oxidation sites excluding steroid dienone is 2. The molecular weight excluding hydrogens is 801 g/mol. The van der Waals surface area contributed by atoms with Crippen LogP contribution in [-0.2, 0) is 52.2 Å². The summed E-state index contributed by atoms with van der Waals surface area (Å²) in [6.07, 6.45) is 8.55. The first-order valence-corrected chi connectivity index (χ1v) is 22.9. The highest BCUT2D eigenvalue weighted by atomic mass is 16.7. The fraction of sp³-hybridized carbons (Fsp3) is 0.771. The number of hydrogen-bond acceptors (Lipinski definition) is 14. The molecule has 0 aromatic carbocycles. The van der Waals surface area contributed by atoms with E-state index < -0.39 is 90.8 Å². The van der Waals surface area contributed by atoms with Crippen molar-refractivity contribution in [1.82, 2.24) is 0 Å². The number of carbonyl (C=O) groups excluding carboxylic acids is 1. The van der Waals surface area contributed by atoms with Crippen LogP contribution in [-0.4, -0.2) is 139 Å². The Hall–Kier alpha value is -2.31. The van der Waals surface area contributed by atoms with Gasteiger partial charge in [0.15, 0.2) is 18.4 Å². The van der Waals surface area contributed by atoms with E-state index in [4.69, 9.17) is 47.4 Å². The fourth-order valence-corrected chi connectivity index (χ4v) is 10.6. The maximum atomic E-state index is 14.3. The van der Waals surface area contributed by atoms with Gasteiger partial charge in [-0.25, -0.2) is 0 Å². The number of fused-ring (bicyclic) bond motifs is 2. The molecule has 6 heterocycles. The van der Waals surface area contributed by atoms with Crippen molar-refractivity contribution in [1.29, 1.82) is 0 Å². The molecule has 2 bridgehead atoms. The quantitative estimate of drug-likeness (QED) is 0.210. The molecule has 62 heavy (non-hydrogen) atoms. The molecule has 7 aliphatic rings. The van der Waals surface area contributed by atoms with E-state index >= 15 is 0 Å². The van der Waals surface area contributed by atoms with Crippen molar-refractivity contribution < 1.29 is 67.5 Å². The lowest BCUT2D eigenvalue weighted by Crippen LogP contribution is -2.58. The summed E-state index contributed by atoms with van der Waals surface area (Å²) in [5.74, 6) is -2.56. The first-order valence-electron chi connectivity index (χ1n) is 22.9. The lowest BCUT2D eigenvalue weighted by Gasteiger charge is -2.48. The minimum absolute atomic E-state index is 0.0317. The van der Waals surface area contributed by atoms with Crippen LogP contribution in [0.5, 0.6) is 0 Å². The van der Waals surface area contributed by atoms with Gasteiger partial charge in [0.25, 0.3) is 0 Å². The molecule has 0 saturated carbocycles. The minimum Gasteiger partial charge on any atom is -0.462 e. The average molecular weight is 873 g/mol. The summed E-state index contributed by atoms with van der Waals surface area (Å²) in [5.41, 5.74) is 0.134. The van der Waals surface area contributed by atoms with E-state index in [0.717, 1.165) is 12.0 Å². The summed E-state index contributed by atoms with van der Waals surface area (Å²) in [6.45, 7) is 16.1. The van der Waals surface area contributed by atoms with Crippen LogP contribution in [0.1, 0.15) is 93.9 Å². The zero-order valence-electron chi connectivity index (χ0n) is 38.2. The van der Waals surface area contributed by atoms with Crippen LogP contribution >= 0.6 is 0 Å². The zero-order chi connectivity index (χ0) is 44.7. The van der Waals surface area contributed by atoms with Crippen molar-refractivity contribution in [2.24, 2.45) is 23.7 Å². The summed E-state index contributed by atoms with van der Waals surface area (Å²) in [5, 5.41) is 34.2. The number of ether oxygens (including phenoxy) is 10. The summed E-state index contributed by atoms with van der Waals surface area (Å²) >= 11 is 0. The molecule has 0 radical (unpaired) electrons. The lowest BCUT2D eigenvalue weighted by atomic mass is 9.71. The Balaban J connectivity index is 1.18. The number of methoxy groups -OCH3 is 2. The number of hydrogen-bond donors (Lipinski definition) is 3. The minimum atomic E-state index is -1.84. The molecule has 0 aromatic rings. The van der Waals surface area contributed by atoms with Crippen LogP contribution < -0.4 is 0 Å². The fourth-order valence-electron chi connectivity index (χ4n) is 10.6. The molecule has 20 atom stereocenters. The van der Waals surface area contributed by atoms with E-state index in [2.05, 4.69) is 39.8 Å². The zero-order valence-corrected chi connectivity index (χ0v) is 38.2. The molecule has 4 fully saturated rings. The number of aliphatic hydroxyl groups is 3. The third-order valence-corrected chi connectivity index (χ3v) is 14.5. The summed E-state index contributed by atoms with van der Waals surface area (Å²) in [6, 6.07) is 0. The van der Waals surface area contributed by atoms with Crippen LogP contribution in [0.4, 0.5) is 0 Å². The third kappa shape index (κ3) is 9.64. The molecule has 6 aliphatic heterocycles. The molecule has 1 spiro atoms. The van der Waals surface area contributed by atoms with Gasteiger partial charge in [0, 0.05) is 51.7 Å². The Kier molecular flexibility index (Phi) is 15.1. The Morgan fingerprint density at radius 2 is 1.60 bits per heavy atom. The normalized spacial score (nSPS) is 49.1. The van der Waals surface area contributed by atoms with E-state index in [9.17, 15) is 20.1 Å². The molecular formula is C48H72O14. The van der Waals surface area contributed by atoms with Gasteiger partial charge in [-0.05, 0) is 62.8 Å². The predicted octanol–water partition coefficient (Wildman–Crippen LogP) is 5.38. The van der Waals surface area contributed by atoms with Crippen molar-refractivity contribution in [3.8, 4) is 0 Å². The lowest BCUT2D eigenvalue weighted by molar-refractivity contribution is -0.318. The topological polar surface area (TPSA) is 170 Å².